The molecule has 0 aliphatic carbocycles. The van der Waals surface area contributed by atoms with Crippen molar-refractivity contribution in [3.8, 4) is 11.5 Å². The summed E-state index contributed by atoms with van der Waals surface area (Å²) in [6.45, 7) is 1.78. The van der Waals surface area contributed by atoms with Gasteiger partial charge in [-0.2, -0.15) is 0 Å². The topological polar surface area (TPSA) is 111 Å². The second-order valence-corrected chi connectivity index (χ2v) is 3.56. The summed E-state index contributed by atoms with van der Waals surface area (Å²) in [5, 5.41) is 18.2. The van der Waals surface area contributed by atoms with Gasteiger partial charge in [0.15, 0.2) is 6.10 Å². The normalized spacial score (nSPS) is 11.7. The highest BCUT2D eigenvalue weighted by Crippen LogP contribution is 2.32. The zero-order valence-electron chi connectivity index (χ0n) is 10.2. The van der Waals surface area contributed by atoms with Crippen LogP contribution in [0.5, 0.6) is 11.5 Å². The predicted molar refractivity (Wildman–Crippen MR) is 66.3 cm³/mol. The Morgan fingerprint density at radius 1 is 1.61 bits per heavy atom. The van der Waals surface area contributed by atoms with Crippen molar-refractivity contribution in [2.45, 2.75) is 19.4 Å². The Bertz CT molecular complexity index is 462. The fourth-order valence-electron chi connectivity index (χ4n) is 1.39. The quantitative estimate of drug-likeness (QED) is 0.347. The lowest BCUT2D eigenvalue weighted by atomic mass is 10.2. The van der Waals surface area contributed by atoms with Crippen molar-refractivity contribution in [3.63, 3.8) is 0 Å². The summed E-state index contributed by atoms with van der Waals surface area (Å²) in [5.41, 5.74) is 5.16. The van der Waals surface area contributed by atoms with Gasteiger partial charge >= 0.3 is 5.69 Å². The number of hydrogen-bond acceptors (Lipinski definition) is 5. The van der Waals surface area contributed by atoms with E-state index in [9.17, 15) is 10.1 Å². The number of benzene rings is 1. The molecule has 7 heteroatoms. The van der Waals surface area contributed by atoms with Gasteiger partial charge < -0.3 is 15.2 Å². The first-order valence-corrected chi connectivity index (χ1v) is 5.32. The predicted octanol–water partition coefficient (Wildman–Crippen LogP) is 1.70. The minimum Gasteiger partial charge on any atom is -0.497 e. The van der Waals surface area contributed by atoms with E-state index in [1.165, 1.54) is 25.3 Å². The molecule has 0 aliphatic rings. The molecule has 7 nitrogen and oxygen atoms in total. The molecule has 0 amide bonds. The lowest BCUT2D eigenvalue weighted by molar-refractivity contribution is -0.386. The molecular weight excluding hydrogens is 238 g/mol. The largest absolute Gasteiger partial charge is 0.497 e. The first-order valence-electron chi connectivity index (χ1n) is 5.32. The van der Waals surface area contributed by atoms with E-state index >= 15 is 0 Å². The van der Waals surface area contributed by atoms with E-state index in [0.717, 1.165) is 0 Å². The molecule has 0 saturated heterocycles. The summed E-state index contributed by atoms with van der Waals surface area (Å²) in [4.78, 5) is 10.3. The molecule has 1 aromatic rings. The molecule has 0 fully saturated rings. The number of nitro groups is 1. The Morgan fingerprint density at radius 2 is 2.28 bits per heavy atom. The van der Waals surface area contributed by atoms with Crippen molar-refractivity contribution in [2.75, 3.05) is 7.11 Å². The zero-order chi connectivity index (χ0) is 13.7. The van der Waals surface area contributed by atoms with Crippen LogP contribution in [0.2, 0.25) is 0 Å². The van der Waals surface area contributed by atoms with Gasteiger partial charge in [-0.3, -0.25) is 15.5 Å². The van der Waals surface area contributed by atoms with E-state index in [-0.39, 0.29) is 17.3 Å². The lowest BCUT2D eigenvalue weighted by Gasteiger charge is -2.16. The van der Waals surface area contributed by atoms with Crippen LogP contribution in [0, 0.1) is 15.5 Å². The maximum Gasteiger partial charge on any atom is 0.311 e. The number of rotatable bonds is 6. The number of nitrogens with zero attached hydrogens (tertiary/aromatic N) is 1. The minimum atomic E-state index is -0.684. The van der Waals surface area contributed by atoms with E-state index in [0.29, 0.717) is 12.2 Å². The van der Waals surface area contributed by atoms with E-state index in [2.05, 4.69) is 0 Å². The molecule has 0 saturated carbocycles. The van der Waals surface area contributed by atoms with Crippen LogP contribution in [0.15, 0.2) is 18.2 Å². The van der Waals surface area contributed by atoms with Gasteiger partial charge in [-0.05, 0) is 12.5 Å². The molecule has 0 heterocycles. The third kappa shape index (κ3) is 3.09. The molecule has 0 aromatic heterocycles. The number of nitrogens with one attached hydrogen (secondary N) is 1. The number of hydrogen-bond donors (Lipinski definition) is 2. The van der Waals surface area contributed by atoms with Gasteiger partial charge in [0.1, 0.15) is 11.6 Å². The molecule has 1 aromatic carbocycles. The molecule has 98 valence electrons. The molecule has 0 spiro atoms. The van der Waals surface area contributed by atoms with Gasteiger partial charge in [-0.25, -0.2) is 0 Å². The zero-order valence-corrected chi connectivity index (χ0v) is 10.2. The van der Waals surface area contributed by atoms with Crippen molar-refractivity contribution in [1.82, 2.24) is 0 Å². The van der Waals surface area contributed by atoms with Crippen molar-refractivity contribution in [1.29, 1.82) is 5.41 Å². The number of nitrogens with two attached hydrogens (primary N) is 1. The molecule has 0 aliphatic heterocycles. The SMILES string of the molecule is CCC(Oc1cc(OC)ccc1[N+](=O)[O-])C(=N)N. The highest BCUT2D eigenvalue weighted by atomic mass is 16.6. The maximum absolute atomic E-state index is 10.9. The Hall–Kier alpha value is -2.31. The third-order valence-electron chi connectivity index (χ3n) is 2.35. The van der Waals surface area contributed by atoms with Gasteiger partial charge in [0.2, 0.25) is 5.75 Å². The van der Waals surface area contributed by atoms with Gasteiger partial charge in [-0.1, -0.05) is 6.92 Å². The average Bonchev–Trinajstić information content (AvgIpc) is 2.34. The Balaban J connectivity index is 3.11. The molecule has 0 bridgehead atoms. The number of ether oxygens (including phenoxy) is 2. The second-order valence-electron chi connectivity index (χ2n) is 3.56. The Labute approximate surface area is 104 Å². The number of nitro benzene ring substituents is 1. The molecular formula is C11H15N3O4. The highest BCUT2D eigenvalue weighted by molar-refractivity contribution is 5.82. The van der Waals surface area contributed by atoms with Gasteiger partial charge in [0.05, 0.1) is 12.0 Å². The first-order chi connectivity index (χ1) is 8.49. The highest BCUT2D eigenvalue weighted by Gasteiger charge is 2.20. The summed E-state index contributed by atoms with van der Waals surface area (Å²) < 4.78 is 10.4. The van der Waals surface area contributed by atoms with Crippen LogP contribution >= 0.6 is 0 Å². The van der Waals surface area contributed by atoms with E-state index < -0.39 is 11.0 Å². The molecule has 3 N–H and O–H groups in total. The number of amidine groups is 1. The lowest BCUT2D eigenvalue weighted by Crippen LogP contribution is -2.32. The van der Waals surface area contributed by atoms with Crippen LogP contribution < -0.4 is 15.2 Å². The number of methoxy groups -OCH3 is 1. The fourth-order valence-corrected chi connectivity index (χ4v) is 1.39. The van der Waals surface area contributed by atoms with Crippen LogP contribution in [0.3, 0.4) is 0 Å². The van der Waals surface area contributed by atoms with E-state index in [1.54, 1.807) is 6.92 Å². The van der Waals surface area contributed by atoms with Crippen LogP contribution in [-0.2, 0) is 0 Å². The first kappa shape index (κ1) is 13.8. The summed E-state index contributed by atoms with van der Waals surface area (Å²) in [6.07, 6.45) is -0.236. The van der Waals surface area contributed by atoms with E-state index in [1.807, 2.05) is 0 Å². The smallest absolute Gasteiger partial charge is 0.311 e. The van der Waals surface area contributed by atoms with E-state index in [4.69, 9.17) is 20.6 Å². The Morgan fingerprint density at radius 3 is 2.72 bits per heavy atom. The third-order valence-corrected chi connectivity index (χ3v) is 2.35. The molecule has 1 unspecified atom stereocenters. The van der Waals surface area contributed by atoms with Crippen LogP contribution in [-0.4, -0.2) is 24.0 Å². The standard InChI is InChI=1S/C11H15N3O4/c1-3-9(11(12)13)18-10-6-7(17-2)4-5-8(10)14(15)16/h4-6,9H,3H2,1-2H3,(H3,12,13). The monoisotopic (exact) mass is 253 g/mol. The van der Waals surface area contributed by atoms with Crippen LogP contribution in [0.25, 0.3) is 0 Å². The fraction of sp³-hybridized carbons (Fsp3) is 0.364. The molecule has 0 radical (unpaired) electrons. The molecule has 1 rings (SSSR count). The molecule has 1 atom stereocenters. The molecule has 18 heavy (non-hydrogen) atoms. The van der Waals surface area contributed by atoms with Crippen LogP contribution in [0.1, 0.15) is 13.3 Å². The van der Waals surface area contributed by atoms with Crippen molar-refractivity contribution in [2.24, 2.45) is 5.73 Å². The van der Waals surface area contributed by atoms with Crippen molar-refractivity contribution >= 4 is 11.5 Å². The van der Waals surface area contributed by atoms with Crippen molar-refractivity contribution in [3.05, 3.63) is 28.3 Å². The second kappa shape index (κ2) is 5.85. The van der Waals surface area contributed by atoms with Crippen molar-refractivity contribution < 1.29 is 14.4 Å². The Kier molecular flexibility index (Phi) is 4.47. The average molecular weight is 253 g/mol. The maximum atomic E-state index is 10.9. The summed E-state index contributed by atoms with van der Waals surface area (Å²) in [7, 11) is 1.45. The van der Waals surface area contributed by atoms with Gasteiger partial charge in [-0.15, -0.1) is 0 Å². The van der Waals surface area contributed by atoms with Gasteiger partial charge in [0, 0.05) is 12.1 Å². The van der Waals surface area contributed by atoms with Gasteiger partial charge in [0.25, 0.3) is 0 Å². The summed E-state index contributed by atoms with van der Waals surface area (Å²) in [5.74, 6) is 0.310. The summed E-state index contributed by atoms with van der Waals surface area (Å²) >= 11 is 0. The minimum absolute atomic E-state index is 0.0430. The van der Waals surface area contributed by atoms with Crippen LogP contribution in [0.4, 0.5) is 5.69 Å². The summed E-state index contributed by atoms with van der Waals surface area (Å²) in [6, 6.07) is 4.17.